The molecule has 1 aliphatic carbocycles. The minimum atomic E-state index is -4.47. The fraction of sp³-hybridized carbons (Fsp3) is 0.533. The van der Waals surface area contributed by atoms with Crippen LogP contribution in [-0.2, 0) is 6.18 Å². The Labute approximate surface area is 130 Å². The predicted molar refractivity (Wildman–Crippen MR) is 78.1 cm³/mol. The van der Waals surface area contributed by atoms with Gasteiger partial charge in [0, 0.05) is 23.1 Å². The number of benzene rings is 1. The minimum Gasteiger partial charge on any atom is -0.338 e. The van der Waals surface area contributed by atoms with Crippen LogP contribution < -0.4 is 0 Å². The molecule has 2 nitrogen and oxygen atoms in total. The van der Waals surface area contributed by atoms with Crippen molar-refractivity contribution in [1.82, 2.24) is 4.90 Å². The van der Waals surface area contributed by atoms with Gasteiger partial charge < -0.3 is 4.90 Å². The van der Waals surface area contributed by atoms with Crippen molar-refractivity contribution in [2.24, 2.45) is 5.92 Å². The Morgan fingerprint density at radius 3 is 2.57 bits per heavy atom. The molecule has 116 valence electrons. The molecule has 0 unspecified atom stereocenters. The van der Waals surface area contributed by atoms with Gasteiger partial charge >= 0.3 is 6.18 Å². The predicted octanol–water partition coefficient (Wildman–Crippen LogP) is 4.73. The Hall–Kier alpha value is -1.04. The van der Waals surface area contributed by atoms with Crippen molar-refractivity contribution in [3.63, 3.8) is 0 Å². The van der Waals surface area contributed by atoms with E-state index < -0.39 is 11.7 Å². The molecule has 21 heavy (non-hydrogen) atoms. The summed E-state index contributed by atoms with van der Waals surface area (Å²) in [4.78, 5) is 14.1. The Balaban J connectivity index is 2.24. The van der Waals surface area contributed by atoms with Gasteiger partial charge in [0.1, 0.15) is 0 Å². The van der Waals surface area contributed by atoms with E-state index in [0.29, 0.717) is 19.0 Å². The van der Waals surface area contributed by atoms with Crippen molar-refractivity contribution in [3.05, 3.63) is 33.8 Å². The van der Waals surface area contributed by atoms with E-state index in [1.165, 1.54) is 12.1 Å². The lowest BCUT2D eigenvalue weighted by Gasteiger charge is -2.22. The van der Waals surface area contributed by atoms with Gasteiger partial charge in [-0.2, -0.15) is 13.2 Å². The normalized spacial score (nSPS) is 15.1. The van der Waals surface area contributed by atoms with Crippen LogP contribution in [0.1, 0.15) is 42.1 Å². The third kappa shape index (κ3) is 4.22. The summed E-state index contributed by atoms with van der Waals surface area (Å²) < 4.78 is 38.7. The molecule has 0 saturated heterocycles. The average Bonchev–Trinajstić information content (AvgIpc) is 3.20. The monoisotopic (exact) mass is 363 g/mol. The highest BCUT2D eigenvalue weighted by Crippen LogP contribution is 2.36. The first-order chi connectivity index (χ1) is 9.82. The topological polar surface area (TPSA) is 20.3 Å². The van der Waals surface area contributed by atoms with Crippen LogP contribution in [-0.4, -0.2) is 23.9 Å². The lowest BCUT2D eigenvalue weighted by atomic mass is 10.1. The maximum Gasteiger partial charge on any atom is 0.417 e. The average molecular weight is 364 g/mol. The molecule has 0 radical (unpaired) electrons. The summed E-state index contributed by atoms with van der Waals surface area (Å²) in [7, 11) is 0. The molecule has 6 heteroatoms. The van der Waals surface area contributed by atoms with E-state index in [-0.39, 0.29) is 15.9 Å². The number of carbonyl (C=O) groups is 1. The van der Waals surface area contributed by atoms with Crippen molar-refractivity contribution < 1.29 is 18.0 Å². The first-order valence-electron chi connectivity index (χ1n) is 6.99. The summed E-state index contributed by atoms with van der Waals surface area (Å²) in [5, 5.41) is 0. The largest absolute Gasteiger partial charge is 0.417 e. The standard InChI is InChI=1S/C15H17BrF3NO/c1-2-7-20(9-10-3-4-10)14(21)11-5-6-13(16)12(8-11)15(17,18)19/h5-6,8,10H,2-4,7,9H2,1H3. The lowest BCUT2D eigenvalue weighted by molar-refractivity contribution is -0.138. The molecular formula is C15H17BrF3NO. The molecule has 1 aromatic carbocycles. The zero-order valence-electron chi connectivity index (χ0n) is 11.7. The molecular weight excluding hydrogens is 347 g/mol. The maximum atomic E-state index is 12.9. The molecule has 0 bridgehead atoms. The maximum absolute atomic E-state index is 12.9. The van der Waals surface area contributed by atoms with Crippen LogP contribution in [0, 0.1) is 5.92 Å². The molecule has 1 saturated carbocycles. The Kier molecular flexibility index (Phi) is 4.96. The molecule has 0 atom stereocenters. The Bertz CT molecular complexity index is 526. The number of amides is 1. The van der Waals surface area contributed by atoms with Crippen LogP contribution in [0.15, 0.2) is 22.7 Å². The van der Waals surface area contributed by atoms with Gasteiger partial charge in [-0.15, -0.1) is 0 Å². The van der Waals surface area contributed by atoms with Crippen LogP contribution in [0.3, 0.4) is 0 Å². The summed E-state index contributed by atoms with van der Waals surface area (Å²) >= 11 is 2.89. The number of nitrogens with zero attached hydrogens (tertiary/aromatic N) is 1. The molecule has 1 aliphatic rings. The van der Waals surface area contributed by atoms with E-state index in [2.05, 4.69) is 15.9 Å². The smallest absolute Gasteiger partial charge is 0.338 e. The van der Waals surface area contributed by atoms with Crippen LogP contribution in [0.2, 0.25) is 0 Å². The lowest BCUT2D eigenvalue weighted by Crippen LogP contribution is -2.33. The van der Waals surface area contributed by atoms with Crippen molar-refractivity contribution in [2.75, 3.05) is 13.1 Å². The van der Waals surface area contributed by atoms with Gasteiger partial charge in [0.15, 0.2) is 0 Å². The van der Waals surface area contributed by atoms with E-state index in [1.54, 1.807) is 4.90 Å². The third-order valence-electron chi connectivity index (χ3n) is 3.47. The highest BCUT2D eigenvalue weighted by molar-refractivity contribution is 9.10. The summed E-state index contributed by atoms with van der Waals surface area (Å²) in [6.45, 7) is 3.17. The zero-order chi connectivity index (χ0) is 15.6. The molecule has 1 amide bonds. The van der Waals surface area contributed by atoms with Crippen LogP contribution in [0.4, 0.5) is 13.2 Å². The van der Waals surface area contributed by atoms with Gasteiger partial charge in [0.2, 0.25) is 0 Å². The second-order valence-electron chi connectivity index (χ2n) is 5.39. The number of halogens is 4. The van der Waals surface area contributed by atoms with E-state index in [0.717, 1.165) is 25.3 Å². The van der Waals surface area contributed by atoms with Gasteiger partial charge in [-0.25, -0.2) is 0 Å². The Morgan fingerprint density at radius 1 is 1.38 bits per heavy atom. The molecule has 0 N–H and O–H groups in total. The molecule has 1 fully saturated rings. The van der Waals surface area contributed by atoms with E-state index in [4.69, 9.17) is 0 Å². The Morgan fingerprint density at radius 2 is 2.05 bits per heavy atom. The summed E-state index contributed by atoms with van der Waals surface area (Å²) in [5.74, 6) is 0.194. The first kappa shape index (κ1) is 16.3. The fourth-order valence-corrected chi connectivity index (χ4v) is 2.69. The fourth-order valence-electron chi connectivity index (χ4n) is 2.22. The quantitative estimate of drug-likeness (QED) is 0.740. The van der Waals surface area contributed by atoms with E-state index in [1.807, 2.05) is 6.92 Å². The molecule has 0 heterocycles. The number of carbonyl (C=O) groups excluding carboxylic acids is 1. The van der Waals surface area contributed by atoms with Gasteiger partial charge in [0.25, 0.3) is 5.91 Å². The van der Waals surface area contributed by atoms with Gasteiger partial charge in [0.05, 0.1) is 5.56 Å². The second-order valence-corrected chi connectivity index (χ2v) is 6.24. The summed E-state index contributed by atoms with van der Waals surface area (Å²) in [5.41, 5.74) is -0.712. The second kappa shape index (κ2) is 6.38. The van der Waals surface area contributed by atoms with Gasteiger partial charge in [-0.1, -0.05) is 22.9 Å². The molecule has 0 aromatic heterocycles. The SMILES string of the molecule is CCCN(CC1CC1)C(=O)c1ccc(Br)c(C(F)(F)F)c1. The van der Waals surface area contributed by atoms with Crippen molar-refractivity contribution in [1.29, 1.82) is 0 Å². The highest BCUT2D eigenvalue weighted by atomic mass is 79.9. The third-order valence-corrected chi connectivity index (χ3v) is 4.17. The minimum absolute atomic E-state index is 0.0456. The van der Waals surface area contributed by atoms with Gasteiger partial charge in [-0.05, 0) is 43.4 Å². The van der Waals surface area contributed by atoms with E-state index >= 15 is 0 Å². The number of hydrogen-bond acceptors (Lipinski definition) is 1. The molecule has 2 rings (SSSR count). The van der Waals surface area contributed by atoms with Crippen LogP contribution in [0.5, 0.6) is 0 Å². The first-order valence-corrected chi connectivity index (χ1v) is 7.78. The highest BCUT2D eigenvalue weighted by Gasteiger charge is 2.34. The zero-order valence-corrected chi connectivity index (χ0v) is 13.3. The summed E-state index contributed by atoms with van der Waals surface area (Å²) in [6, 6.07) is 3.66. The van der Waals surface area contributed by atoms with E-state index in [9.17, 15) is 18.0 Å². The molecule has 0 aliphatic heterocycles. The van der Waals surface area contributed by atoms with Crippen LogP contribution in [0.25, 0.3) is 0 Å². The number of hydrogen-bond donors (Lipinski definition) is 0. The molecule has 0 spiro atoms. The van der Waals surface area contributed by atoms with Crippen molar-refractivity contribution in [3.8, 4) is 0 Å². The van der Waals surface area contributed by atoms with Crippen molar-refractivity contribution >= 4 is 21.8 Å². The summed E-state index contributed by atoms with van der Waals surface area (Å²) in [6.07, 6.45) is -1.48. The number of alkyl halides is 3. The molecule has 1 aromatic rings. The van der Waals surface area contributed by atoms with Crippen molar-refractivity contribution in [2.45, 2.75) is 32.4 Å². The van der Waals surface area contributed by atoms with Crippen LogP contribution >= 0.6 is 15.9 Å². The van der Waals surface area contributed by atoms with Gasteiger partial charge in [-0.3, -0.25) is 4.79 Å². The number of rotatable bonds is 5.